The number of methoxy groups -OCH3 is 1. The van der Waals surface area contributed by atoms with Crippen LogP contribution >= 0.6 is 11.8 Å². The first kappa shape index (κ1) is 20.5. The van der Waals surface area contributed by atoms with Gasteiger partial charge in [0.2, 0.25) is 0 Å². The van der Waals surface area contributed by atoms with Crippen LogP contribution < -0.4 is 4.74 Å². The van der Waals surface area contributed by atoms with Gasteiger partial charge in [0.25, 0.3) is 0 Å². The maximum absolute atomic E-state index is 12.9. The summed E-state index contributed by atoms with van der Waals surface area (Å²) in [5.41, 5.74) is 0.601. The van der Waals surface area contributed by atoms with Crippen LogP contribution in [0.15, 0.2) is 53.4 Å². The summed E-state index contributed by atoms with van der Waals surface area (Å²) in [5.74, 6) is 1.27. The summed E-state index contributed by atoms with van der Waals surface area (Å²) in [5, 5.41) is 10.8. The summed E-state index contributed by atoms with van der Waals surface area (Å²) < 4.78 is 5.33. The van der Waals surface area contributed by atoms with Crippen molar-refractivity contribution in [3.05, 3.63) is 59.7 Å². The molecule has 0 heterocycles. The highest BCUT2D eigenvalue weighted by molar-refractivity contribution is 7.99. The summed E-state index contributed by atoms with van der Waals surface area (Å²) in [6, 6.07) is 14.8. The molecule has 1 atom stereocenters. The Kier molecular flexibility index (Phi) is 7.73. The van der Waals surface area contributed by atoms with E-state index in [0.717, 1.165) is 24.2 Å². The third-order valence-corrected chi connectivity index (χ3v) is 5.95. The second-order valence-corrected chi connectivity index (χ2v) is 7.54. The van der Waals surface area contributed by atoms with Crippen LogP contribution in [-0.2, 0) is 0 Å². The first-order valence-corrected chi connectivity index (χ1v) is 10.1. The Bertz CT molecular complexity index is 715. The summed E-state index contributed by atoms with van der Waals surface area (Å²) in [4.78, 5) is 13.8. The number of hydrogen-bond donors (Lipinski definition) is 1. The number of hydrogen-bond acceptors (Lipinski definition) is 4. The van der Waals surface area contributed by atoms with E-state index in [2.05, 4.69) is 6.92 Å². The molecule has 140 valence electrons. The van der Waals surface area contributed by atoms with Gasteiger partial charge in [-0.1, -0.05) is 57.0 Å². The molecule has 1 unspecified atom stereocenters. The molecule has 0 radical (unpaired) electrons. The molecule has 0 saturated heterocycles. The monoisotopic (exact) mass is 372 g/mol. The second-order valence-electron chi connectivity index (χ2n) is 6.53. The molecule has 0 aromatic heterocycles. The number of carbonyl (C=O) groups is 1. The minimum Gasteiger partial charge on any atom is -0.497 e. The number of thioether (sulfide) groups is 1. The van der Waals surface area contributed by atoms with E-state index >= 15 is 0 Å². The van der Waals surface area contributed by atoms with E-state index in [-0.39, 0.29) is 5.78 Å². The number of carbonyl (C=O) groups excluding carboxylic acids is 1. The predicted molar refractivity (Wildman–Crippen MR) is 108 cm³/mol. The van der Waals surface area contributed by atoms with E-state index in [1.54, 1.807) is 7.11 Å². The zero-order valence-corrected chi connectivity index (χ0v) is 16.6. The lowest BCUT2D eigenvalue weighted by Gasteiger charge is -2.26. The standard InChI is InChI=1S/C22H28O3S/c1-4-6-14-22(24,5-2)16-26-20-15-18(25-3)12-13-19(20)21(23)17-10-8-7-9-11-17/h7-13,15,24H,4-6,14,16H2,1-3H3. The normalized spacial score (nSPS) is 13.2. The summed E-state index contributed by atoms with van der Waals surface area (Å²) >= 11 is 1.53. The highest BCUT2D eigenvalue weighted by atomic mass is 32.2. The van der Waals surface area contributed by atoms with Gasteiger partial charge in [-0.25, -0.2) is 0 Å². The number of aliphatic hydroxyl groups is 1. The van der Waals surface area contributed by atoms with Crippen molar-refractivity contribution >= 4 is 17.5 Å². The van der Waals surface area contributed by atoms with Crippen LogP contribution in [0.4, 0.5) is 0 Å². The van der Waals surface area contributed by atoms with Crippen LogP contribution in [-0.4, -0.2) is 29.4 Å². The van der Waals surface area contributed by atoms with Crippen molar-refractivity contribution in [2.24, 2.45) is 0 Å². The molecule has 1 N–H and O–H groups in total. The molecular weight excluding hydrogens is 344 g/mol. The van der Waals surface area contributed by atoms with E-state index in [1.165, 1.54) is 11.8 Å². The molecule has 0 spiro atoms. The van der Waals surface area contributed by atoms with Crippen molar-refractivity contribution in [2.45, 2.75) is 50.0 Å². The van der Waals surface area contributed by atoms with E-state index in [4.69, 9.17) is 4.74 Å². The topological polar surface area (TPSA) is 46.5 Å². The number of unbranched alkanes of at least 4 members (excludes halogenated alkanes) is 1. The van der Waals surface area contributed by atoms with Crippen molar-refractivity contribution in [1.82, 2.24) is 0 Å². The fourth-order valence-corrected chi connectivity index (χ4v) is 4.04. The van der Waals surface area contributed by atoms with Gasteiger partial charge in [-0.2, -0.15) is 0 Å². The SMILES string of the molecule is CCCCC(O)(CC)CSc1cc(OC)ccc1C(=O)c1ccccc1. The first-order valence-electron chi connectivity index (χ1n) is 9.16. The molecule has 2 aromatic rings. The lowest BCUT2D eigenvalue weighted by molar-refractivity contribution is 0.0497. The Morgan fingerprint density at radius 2 is 1.88 bits per heavy atom. The van der Waals surface area contributed by atoms with Gasteiger partial charge in [-0.3, -0.25) is 4.79 Å². The number of ketones is 1. The van der Waals surface area contributed by atoms with Crippen molar-refractivity contribution in [2.75, 3.05) is 12.9 Å². The van der Waals surface area contributed by atoms with Gasteiger partial charge in [0.05, 0.1) is 12.7 Å². The molecule has 3 nitrogen and oxygen atoms in total. The van der Waals surface area contributed by atoms with E-state index in [1.807, 2.05) is 55.5 Å². The highest BCUT2D eigenvalue weighted by Gasteiger charge is 2.25. The molecule has 0 bridgehead atoms. The molecule has 4 heteroatoms. The third-order valence-electron chi connectivity index (χ3n) is 4.62. The molecule has 0 fully saturated rings. The van der Waals surface area contributed by atoms with Crippen LogP contribution in [0.3, 0.4) is 0 Å². The van der Waals surface area contributed by atoms with Crippen molar-refractivity contribution < 1.29 is 14.6 Å². The average molecular weight is 373 g/mol. The Morgan fingerprint density at radius 1 is 1.15 bits per heavy atom. The molecule has 2 rings (SSSR count). The van der Waals surface area contributed by atoms with Crippen molar-refractivity contribution in [3.63, 3.8) is 0 Å². The zero-order chi connectivity index (χ0) is 19.0. The van der Waals surface area contributed by atoms with Gasteiger partial charge in [-0.05, 0) is 31.0 Å². The number of ether oxygens (including phenoxy) is 1. The Balaban J connectivity index is 2.27. The Morgan fingerprint density at radius 3 is 2.50 bits per heavy atom. The average Bonchev–Trinajstić information content (AvgIpc) is 2.70. The quantitative estimate of drug-likeness (QED) is 0.451. The lowest BCUT2D eigenvalue weighted by Crippen LogP contribution is -2.30. The van der Waals surface area contributed by atoms with Gasteiger partial charge >= 0.3 is 0 Å². The van der Waals surface area contributed by atoms with Gasteiger partial charge < -0.3 is 9.84 Å². The smallest absolute Gasteiger partial charge is 0.194 e. The van der Waals surface area contributed by atoms with Crippen LogP contribution in [0.25, 0.3) is 0 Å². The van der Waals surface area contributed by atoms with Crippen LogP contribution in [0, 0.1) is 0 Å². The van der Waals surface area contributed by atoms with Gasteiger partial charge in [0.1, 0.15) is 5.75 Å². The third kappa shape index (κ3) is 5.36. The van der Waals surface area contributed by atoms with E-state index in [0.29, 0.717) is 29.1 Å². The van der Waals surface area contributed by atoms with Crippen LogP contribution in [0.1, 0.15) is 55.5 Å². The van der Waals surface area contributed by atoms with Crippen LogP contribution in [0.5, 0.6) is 5.75 Å². The van der Waals surface area contributed by atoms with E-state index < -0.39 is 5.60 Å². The summed E-state index contributed by atoms with van der Waals surface area (Å²) in [7, 11) is 1.62. The van der Waals surface area contributed by atoms with Gasteiger partial charge in [0, 0.05) is 21.8 Å². The Hall–Kier alpha value is -1.78. The van der Waals surface area contributed by atoms with Crippen molar-refractivity contribution in [1.29, 1.82) is 0 Å². The molecule has 0 saturated carbocycles. The van der Waals surface area contributed by atoms with Crippen LogP contribution in [0.2, 0.25) is 0 Å². The van der Waals surface area contributed by atoms with Gasteiger partial charge in [-0.15, -0.1) is 11.8 Å². The fourth-order valence-electron chi connectivity index (χ4n) is 2.75. The second kappa shape index (κ2) is 9.79. The number of rotatable bonds is 10. The van der Waals surface area contributed by atoms with Gasteiger partial charge in [0.15, 0.2) is 5.78 Å². The molecule has 2 aromatic carbocycles. The maximum Gasteiger partial charge on any atom is 0.194 e. The molecule has 0 aliphatic heterocycles. The van der Waals surface area contributed by atoms with E-state index in [9.17, 15) is 9.90 Å². The predicted octanol–water partition coefficient (Wildman–Crippen LogP) is 5.35. The largest absolute Gasteiger partial charge is 0.497 e. The minimum atomic E-state index is -0.711. The molecule has 0 aliphatic rings. The Labute approximate surface area is 160 Å². The summed E-state index contributed by atoms with van der Waals surface area (Å²) in [6.45, 7) is 4.14. The molecular formula is C22H28O3S. The lowest BCUT2D eigenvalue weighted by atomic mass is 9.96. The maximum atomic E-state index is 12.9. The molecule has 0 aliphatic carbocycles. The highest BCUT2D eigenvalue weighted by Crippen LogP contribution is 2.33. The summed E-state index contributed by atoms with van der Waals surface area (Å²) in [6.07, 6.45) is 3.54. The first-order chi connectivity index (χ1) is 12.5. The fraction of sp³-hybridized carbons (Fsp3) is 0.409. The molecule has 0 amide bonds. The molecule has 26 heavy (non-hydrogen) atoms. The zero-order valence-electron chi connectivity index (χ0n) is 15.8. The van der Waals surface area contributed by atoms with Crippen molar-refractivity contribution in [3.8, 4) is 5.75 Å². The minimum absolute atomic E-state index is 0.00986. The number of benzene rings is 2.